The standard InChI is InChI=1S/C21H25N5O2/c1-21(2)11-16-19(17(27)12-21)18(14-3-5-24-6-4-14)15(13-22)20(23)26(16)25-7-9-28-10-8-25/h3-6,18H,7-12,23H2,1-2H3. The van der Waals surface area contributed by atoms with Crippen LogP contribution in [0, 0.1) is 16.7 Å². The lowest BCUT2D eigenvalue weighted by Gasteiger charge is -2.48. The van der Waals surface area contributed by atoms with E-state index in [4.69, 9.17) is 10.5 Å². The fraction of sp³-hybridized carbons (Fsp3) is 0.476. The van der Waals surface area contributed by atoms with Gasteiger partial charge < -0.3 is 10.5 Å². The third kappa shape index (κ3) is 3.09. The van der Waals surface area contributed by atoms with E-state index in [1.165, 1.54) is 0 Å². The predicted octanol–water partition coefficient (Wildman–Crippen LogP) is 2.07. The van der Waals surface area contributed by atoms with E-state index in [0.717, 1.165) is 17.7 Å². The molecule has 3 heterocycles. The van der Waals surface area contributed by atoms with Crippen molar-refractivity contribution in [2.45, 2.75) is 32.6 Å². The number of hydrazine groups is 1. The summed E-state index contributed by atoms with van der Waals surface area (Å²) < 4.78 is 5.49. The molecule has 1 aromatic heterocycles. The number of allylic oxidation sites excluding steroid dienone is 3. The summed E-state index contributed by atoms with van der Waals surface area (Å²) in [6.07, 6.45) is 4.56. The van der Waals surface area contributed by atoms with Crippen molar-refractivity contribution in [1.29, 1.82) is 5.26 Å². The Morgan fingerprint density at radius 3 is 2.57 bits per heavy atom. The first kappa shape index (κ1) is 18.7. The molecule has 1 atom stereocenters. The van der Waals surface area contributed by atoms with Gasteiger partial charge in [0.2, 0.25) is 0 Å². The average Bonchev–Trinajstić information content (AvgIpc) is 2.67. The molecule has 3 aliphatic rings. The fourth-order valence-electron chi connectivity index (χ4n) is 4.46. The zero-order chi connectivity index (χ0) is 19.9. The monoisotopic (exact) mass is 379 g/mol. The number of nitrogens with zero attached hydrogens (tertiary/aromatic N) is 4. The topological polar surface area (TPSA) is 95.5 Å². The first-order valence-electron chi connectivity index (χ1n) is 9.61. The van der Waals surface area contributed by atoms with E-state index < -0.39 is 5.92 Å². The van der Waals surface area contributed by atoms with Crippen LogP contribution in [-0.2, 0) is 9.53 Å². The number of nitriles is 1. The number of rotatable bonds is 2. The Kier molecular flexibility index (Phi) is 4.69. The minimum absolute atomic E-state index is 0.0894. The Labute approximate surface area is 165 Å². The highest BCUT2D eigenvalue weighted by atomic mass is 16.5. The van der Waals surface area contributed by atoms with Gasteiger partial charge in [0.15, 0.2) is 5.78 Å². The van der Waals surface area contributed by atoms with Crippen molar-refractivity contribution in [3.8, 4) is 6.07 Å². The molecule has 7 heteroatoms. The van der Waals surface area contributed by atoms with Crippen molar-refractivity contribution in [3.63, 3.8) is 0 Å². The van der Waals surface area contributed by atoms with Crippen molar-refractivity contribution in [2.75, 3.05) is 26.3 Å². The molecule has 146 valence electrons. The molecule has 0 saturated carbocycles. The number of hydrogen-bond acceptors (Lipinski definition) is 7. The summed E-state index contributed by atoms with van der Waals surface area (Å²) in [5.41, 5.74) is 9.32. The lowest BCUT2D eigenvalue weighted by atomic mass is 9.69. The molecule has 0 spiro atoms. The highest BCUT2D eigenvalue weighted by molar-refractivity contribution is 6.00. The van der Waals surface area contributed by atoms with Crippen LogP contribution in [0.2, 0.25) is 0 Å². The molecule has 2 N–H and O–H groups in total. The molecule has 28 heavy (non-hydrogen) atoms. The highest BCUT2D eigenvalue weighted by Gasteiger charge is 2.45. The van der Waals surface area contributed by atoms with E-state index >= 15 is 0 Å². The van der Waals surface area contributed by atoms with Crippen molar-refractivity contribution in [3.05, 3.63) is 52.8 Å². The number of nitrogens with two attached hydrogens (primary N) is 1. The molecule has 0 amide bonds. The summed E-state index contributed by atoms with van der Waals surface area (Å²) >= 11 is 0. The minimum atomic E-state index is -0.441. The van der Waals surface area contributed by atoms with Gasteiger partial charge in [-0.15, -0.1) is 0 Å². The maximum atomic E-state index is 13.3. The molecule has 1 saturated heterocycles. The van der Waals surface area contributed by atoms with Gasteiger partial charge in [0.05, 0.1) is 30.8 Å². The largest absolute Gasteiger partial charge is 0.383 e. The van der Waals surface area contributed by atoms with E-state index in [0.29, 0.717) is 49.7 Å². The second-order valence-corrected chi connectivity index (χ2v) is 8.30. The fourth-order valence-corrected chi connectivity index (χ4v) is 4.46. The summed E-state index contributed by atoms with van der Waals surface area (Å²) in [4.78, 5) is 17.4. The van der Waals surface area contributed by atoms with Crippen LogP contribution >= 0.6 is 0 Å². The van der Waals surface area contributed by atoms with Crippen LogP contribution in [0.1, 0.15) is 38.2 Å². The number of morpholine rings is 1. The number of ketones is 1. The summed E-state index contributed by atoms with van der Waals surface area (Å²) in [7, 11) is 0. The summed E-state index contributed by atoms with van der Waals surface area (Å²) in [6, 6.07) is 6.01. The van der Waals surface area contributed by atoms with E-state index in [-0.39, 0.29) is 11.2 Å². The lowest BCUT2D eigenvalue weighted by molar-refractivity contribution is -0.119. The summed E-state index contributed by atoms with van der Waals surface area (Å²) in [5, 5.41) is 14.0. The van der Waals surface area contributed by atoms with E-state index in [2.05, 4.69) is 29.9 Å². The zero-order valence-electron chi connectivity index (χ0n) is 16.3. The molecule has 0 bridgehead atoms. The zero-order valence-corrected chi connectivity index (χ0v) is 16.3. The number of aromatic nitrogens is 1. The molecule has 0 aromatic carbocycles. The van der Waals surface area contributed by atoms with Gasteiger partial charge in [0.1, 0.15) is 5.82 Å². The number of Topliss-reactive ketones (excluding diaryl/α,β-unsaturated/α-hetero) is 1. The van der Waals surface area contributed by atoms with Crippen LogP contribution in [0.15, 0.2) is 47.2 Å². The molecule has 0 radical (unpaired) electrons. The minimum Gasteiger partial charge on any atom is -0.383 e. The van der Waals surface area contributed by atoms with Crippen molar-refractivity contribution >= 4 is 5.78 Å². The third-order valence-corrected chi connectivity index (χ3v) is 5.66. The molecular formula is C21H25N5O2. The first-order valence-corrected chi connectivity index (χ1v) is 9.61. The van der Waals surface area contributed by atoms with Crippen LogP contribution in [0.3, 0.4) is 0 Å². The van der Waals surface area contributed by atoms with Crippen LogP contribution in [0.4, 0.5) is 0 Å². The van der Waals surface area contributed by atoms with Crippen molar-refractivity contribution in [2.24, 2.45) is 11.1 Å². The number of hydrogen-bond donors (Lipinski definition) is 1. The van der Waals surface area contributed by atoms with Crippen molar-refractivity contribution in [1.82, 2.24) is 15.0 Å². The van der Waals surface area contributed by atoms with Gasteiger partial charge in [-0.2, -0.15) is 5.26 Å². The average molecular weight is 379 g/mol. The van der Waals surface area contributed by atoms with Crippen LogP contribution in [0.5, 0.6) is 0 Å². The van der Waals surface area contributed by atoms with Gasteiger partial charge >= 0.3 is 0 Å². The predicted molar refractivity (Wildman–Crippen MR) is 103 cm³/mol. The van der Waals surface area contributed by atoms with E-state index in [1.807, 2.05) is 17.1 Å². The Balaban J connectivity index is 1.91. The second-order valence-electron chi connectivity index (χ2n) is 8.30. The number of carbonyl (C=O) groups excluding carboxylic acids is 1. The number of ether oxygens (including phenoxy) is 1. The van der Waals surface area contributed by atoms with E-state index in [9.17, 15) is 10.1 Å². The SMILES string of the molecule is CC1(C)CC(=O)C2=C(C1)N(N1CCOCC1)C(N)=C(C#N)C2c1ccncc1. The van der Waals surface area contributed by atoms with Gasteiger partial charge in [0, 0.05) is 43.2 Å². The first-order chi connectivity index (χ1) is 13.4. The molecule has 1 fully saturated rings. The van der Waals surface area contributed by atoms with Gasteiger partial charge in [-0.05, 0) is 29.5 Å². The molecular weight excluding hydrogens is 354 g/mol. The number of pyridine rings is 1. The van der Waals surface area contributed by atoms with Crippen LogP contribution < -0.4 is 5.73 Å². The Morgan fingerprint density at radius 1 is 1.25 bits per heavy atom. The summed E-state index contributed by atoms with van der Waals surface area (Å²) in [6.45, 7) is 6.74. The maximum absolute atomic E-state index is 13.3. The van der Waals surface area contributed by atoms with Gasteiger partial charge in [-0.25, -0.2) is 5.01 Å². The number of carbonyl (C=O) groups is 1. The van der Waals surface area contributed by atoms with Crippen molar-refractivity contribution < 1.29 is 9.53 Å². The Bertz CT molecular complexity index is 891. The van der Waals surface area contributed by atoms with Gasteiger partial charge in [-0.1, -0.05) is 13.8 Å². The normalized spacial score (nSPS) is 25.5. The molecule has 2 aliphatic heterocycles. The molecule has 4 rings (SSSR count). The van der Waals surface area contributed by atoms with Crippen LogP contribution in [0.25, 0.3) is 0 Å². The third-order valence-electron chi connectivity index (χ3n) is 5.66. The van der Waals surface area contributed by atoms with Gasteiger partial charge in [0.25, 0.3) is 0 Å². The lowest BCUT2D eigenvalue weighted by Crippen LogP contribution is -2.53. The van der Waals surface area contributed by atoms with E-state index in [1.54, 1.807) is 12.4 Å². The smallest absolute Gasteiger partial charge is 0.162 e. The van der Waals surface area contributed by atoms with Gasteiger partial charge in [-0.3, -0.25) is 14.8 Å². The maximum Gasteiger partial charge on any atom is 0.162 e. The Morgan fingerprint density at radius 2 is 1.93 bits per heavy atom. The molecule has 1 unspecified atom stereocenters. The highest BCUT2D eigenvalue weighted by Crippen LogP contribution is 2.49. The Hall–Kier alpha value is -2.69. The summed E-state index contributed by atoms with van der Waals surface area (Å²) in [5.74, 6) is 0.0610. The molecule has 7 nitrogen and oxygen atoms in total. The second kappa shape index (κ2) is 7.04. The molecule has 1 aromatic rings. The molecule has 1 aliphatic carbocycles. The van der Waals surface area contributed by atoms with Crippen LogP contribution in [-0.4, -0.2) is 47.1 Å². The quantitative estimate of drug-likeness (QED) is 0.840.